The van der Waals surface area contributed by atoms with Crippen molar-refractivity contribution in [3.8, 4) is 5.88 Å². The average molecular weight is 272 g/mol. The van der Waals surface area contributed by atoms with Crippen LogP contribution < -0.4 is 4.74 Å². The fourth-order valence-corrected chi connectivity index (χ4v) is 3.58. The van der Waals surface area contributed by atoms with Gasteiger partial charge in [-0.05, 0) is 44.2 Å². The van der Waals surface area contributed by atoms with Crippen LogP contribution in [0, 0.1) is 12.8 Å². The highest BCUT2D eigenvalue weighted by atomic mass is 16.5. The first-order chi connectivity index (χ1) is 9.79. The van der Waals surface area contributed by atoms with Gasteiger partial charge in [-0.2, -0.15) is 0 Å². The summed E-state index contributed by atoms with van der Waals surface area (Å²) in [7, 11) is 0. The van der Waals surface area contributed by atoms with Crippen LogP contribution in [0.25, 0.3) is 0 Å². The Morgan fingerprint density at radius 3 is 3.05 bits per heavy atom. The summed E-state index contributed by atoms with van der Waals surface area (Å²) in [5.74, 6) is 2.11. The van der Waals surface area contributed by atoms with E-state index in [1.807, 2.05) is 24.5 Å². The standard InChI is InChI=1S/C17H24N2O/c1-3-13-8-4-5-9-14-15-11-18-10-6-7-12(2)19-17(15)20-16(13)14/h6-7,10-11,13-14,16,19H,3-5,8-9H2,1-2H3. The Kier molecular flexibility index (Phi) is 3.95. The third-order valence-electron chi connectivity index (χ3n) is 4.68. The van der Waals surface area contributed by atoms with Crippen LogP contribution in [0.15, 0.2) is 24.5 Å². The third kappa shape index (κ3) is 2.54. The zero-order valence-electron chi connectivity index (χ0n) is 12.4. The van der Waals surface area contributed by atoms with E-state index in [4.69, 9.17) is 4.74 Å². The lowest BCUT2D eigenvalue weighted by Crippen LogP contribution is -2.27. The quantitative estimate of drug-likeness (QED) is 0.828. The number of nitrogens with zero attached hydrogens (tertiary/aromatic N) is 1. The van der Waals surface area contributed by atoms with Crippen molar-refractivity contribution in [2.24, 2.45) is 5.92 Å². The largest absolute Gasteiger partial charge is 0.474 e. The molecule has 3 nitrogen and oxygen atoms in total. The van der Waals surface area contributed by atoms with Crippen LogP contribution in [0.3, 0.4) is 0 Å². The van der Waals surface area contributed by atoms with Gasteiger partial charge in [0.05, 0.1) is 0 Å². The molecule has 2 aliphatic rings. The second-order valence-corrected chi connectivity index (χ2v) is 6.02. The fourth-order valence-electron chi connectivity index (χ4n) is 3.58. The highest BCUT2D eigenvalue weighted by Crippen LogP contribution is 2.45. The molecule has 1 N–H and O–H groups in total. The van der Waals surface area contributed by atoms with E-state index in [0.29, 0.717) is 17.9 Å². The van der Waals surface area contributed by atoms with Gasteiger partial charge in [-0.3, -0.25) is 4.98 Å². The van der Waals surface area contributed by atoms with E-state index in [-0.39, 0.29) is 0 Å². The second-order valence-electron chi connectivity index (χ2n) is 6.02. The maximum absolute atomic E-state index is 6.32. The zero-order valence-corrected chi connectivity index (χ0v) is 12.4. The van der Waals surface area contributed by atoms with Gasteiger partial charge in [0.2, 0.25) is 0 Å². The minimum absolute atomic E-state index is 0.336. The van der Waals surface area contributed by atoms with Crippen molar-refractivity contribution in [3.63, 3.8) is 0 Å². The van der Waals surface area contributed by atoms with Gasteiger partial charge in [0.1, 0.15) is 6.10 Å². The van der Waals surface area contributed by atoms with E-state index < -0.39 is 0 Å². The van der Waals surface area contributed by atoms with E-state index in [1.54, 1.807) is 0 Å². The summed E-state index contributed by atoms with van der Waals surface area (Å²) >= 11 is 0. The van der Waals surface area contributed by atoms with E-state index in [1.165, 1.54) is 37.7 Å². The molecule has 1 saturated carbocycles. The topological polar surface area (TPSA) is 37.9 Å². The lowest BCUT2D eigenvalue weighted by Gasteiger charge is -2.23. The molecule has 0 bridgehead atoms. The molecule has 2 heterocycles. The van der Waals surface area contributed by atoms with Gasteiger partial charge in [0, 0.05) is 29.6 Å². The molecule has 1 aliphatic carbocycles. The Balaban J connectivity index is 2.06. The van der Waals surface area contributed by atoms with Crippen LogP contribution in [0.2, 0.25) is 0 Å². The number of aromatic nitrogens is 2. The van der Waals surface area contributed by atoms with Crippen LogP contribution in [0.4, 0.5) is 0 Å². The lowest BCUT2D eigenvalue weighted by atomic mass is 9.86. The number of rotatable bonds is 1. The van der Waals surface area contributed by atoms with Crippen LogP contribution in [0.5, 0.6) is 5.88 Å². The van der Waals surface area contributed by atoms with E-state index in [9.17, 15) is 0 Å². The first kappa shape index (κ1) is 13.5. The normalized spacial score (nSPS) is 27.8. The molecule has 1 aromatic rings. The van der Waals surface area contributed by atoms with Gasteiger partial charge in [-0.1, -0.05) is 19.8 Å². The smallest absolute Gasteiger partial charge is 0.196 e. The summed E-state index contributed by atoms with van der Waals surface area (Å²) < 4.78 is 6.32. The highest BCUT2D eigenvalue weighted by Gasteiger charge is 2.40. The predicted octanol–water partition coefficient (Wildman–Crippen LogP) is 4.29. The molecule has 1 aromatic heterocycles. The molecular weight excluding hydrogens is 248 g/mol. The first-order valence-electron chi connectivity index (χ1n) is 7.84. The number of ether oxygens (including phenoxy) is 1. The van der Waals surface area contributed by atoms with Gasteiger partial charge in [-0.25, -0.2) is 0 Å². The number of aromatic amines is 1. The Morgan fingerprint density at radius 1 is 1.35 bits per heavy atom. The van der Waals surface area contributed by atoms with E-state index in [0.717, 1.165) is 11.6 Å². The number of hydrogen-bond acceptors (Lipinski definition) is 2. The van der Waals surface area contributed by atoms with Gasteiger partial charge in [0.25, 0.3) is 0 Å². The highest BCUT2D eigenvalue weighted by molar-refractivity contribution is 5.33. The number of aryl methyl sites for hydroxylation is 1. The summed E-state index contributed by atoms with van der Waals surface area (Å²) in [6, 6.07) is 3.99. The predicted molar refractivity (Wildman–Crippen MR) is 80.4 cm³/mol. The maximum Gasteiger partial charge on any atom is 0.196 e. The molecule has 3 rings (SSSR count). The van der Waals surface area contributed by atoms with Gasteiger partial charge in [0.15, 0.2) is 5.88 Å². The van der Waals surface area contributed by atoms with Crippen molar-refractivity contribution in [2.45, 2.75) is 58.0 Å². The molecule has 1 fully saturated rings. The molecule has 1 aliphatic heterocycles. The van der Waals surface area contributed by atoms with E-state index in [2.05, 4.69) is 23.8 Å². The van der Waals surface area contributed by atoms with Crippen molar-refractivity contribution < 1.29 is 4.74 Å². The maximum atomic E-state index is 6.32. The molecule has 3 unspecified atom stereocenters. The van der Waals surface area contributed by atoms with E-state index >= 15 is 0 Å². The third-order valence-corrected chi connectivity index (χ3v) is 4.68. The van der Waals surface area contributed by atoms with Gasteiger partial charge < -0.3 is 9.72 Å². The van der Waals surface area contributed by atoms with Crippen LogP contribution in [0.1, 0.15) is 56.2 Å². The van der Waals surface area contributed by atoms with Crippen molar-refractivity contribution in [3.05, 3.63) is 35.8 Å². The van der Waals surface area contributed by atoms with Gasteiger partial charge in [-0.15, -0.1) is 0 Å². The lowest BCUT2D eigenvalue weighted by molar-refractivity contribution is 0.128. The molecule has 3 atom stereocenters. The Bertz CT molecular complexity index is 522. The van der Waals surface area contributed by atoms with Crippen molar-refractivity contribution >= 4 is 0 Å². The molecule has 0 saturated heterocycles. The molecule has 0 radical (unpaired) electrons. The Hall–Kier alpha value is -1.51. The van der Waals surface area contributed by atoms with Crippen LogP contribution in [-0.4, -0.2) is 16.1 Å². The SMILES string of the molecule is CCC1CCCCC2c3cncccc(C)[nH]c3OC12. The minimum Gasteiger partial charge on any atom is -0.474 e. The molecule has 0 aromatic carbocycles. The number of fused-ring (bicyclic) bond motifs is 3. The fraction of sp³-hybridized carbons (Fsp3) is 0.588. The molecular formula is C17H24N2O. The molecule has 108 valence electrons. The number of hydrogen-bond donors (Lipinski definition) is 1. The number of nitrogens with one attached hydrogen (secondary N) is 1. The average Bonchev–Trinajstić information content (AvgIpc) is 2.67. The number of H-pyrrole nitrogens is 1. The van der Waals surface area contributed by atoms with Crippen LogP contribution in [-0.2, 0) is 0 Å². The molecule has 3 heteroatoms. The summed E-state index contributed by atoms with van der Waals surface area (Å²) in [5, 5.41) is 0. The van der Waals surface area contributed by atoms with Crippen molar-refractivity contribution in [2.75, 3.05) is 0 Å². The first-order valence-corrected chi connectivity index (χ1v) is 7.84. The molecule has 0 spiro atoms. The monoisotopic (exact) mass is 272 g/mol. The van der Waals surface area contributed by atoms with Gasteiger partial charge >= 0.3 is 0 Å². The molecule has 0 amide bonds. The Labute approximate surface area is 121 Å². The zero-order chi connectivity index (χ0) is 13.9. The second kappa shape index (κ2) is 5.86. The van der Waals surface area contributed by atoms with Crippen molar-refractivity contribution in [1.82, 2.24) is 9.97 Å². The van der Waals surface area contributed by atoms with Crippen molar-refractivity contribution in [1.29, 1.82) is 0 Å². The summed E-state index contributed by atoms with van der Waals surface area (Å²) in [5.41, 5.74) is 2.36. The summed E-state index contributed by atoms with van der Waals surface area (Å²) in [6.45, 7) is 4.35. The Morgan fingerprint density at radius 2 is 2.20 bits per heavy atom. The molecule has 20 heavy (non-hydrogen) atoms. The summed E-state index contributed by atoms with van der Waals surface area (Å²) in [4.78, 5) is 7.83. The summed E-state index contributed by atoms with van der Waals surface area (Å²) in [6.07, 6.45) is 10.5. The minimum atomic E-state index is 0.336. The van der Waals surface area contributed by atoms with Crippen LogP contribution >= 0.6 is 0 Å².